The van der Waals surface area contributed by atoms with Gasteiger partial charge in [0.15, 0.2) is 0 Å². The van der Waals surface area contributed by atoms with Crippen molar-refractivity contribution < 1.29 is 17.3 Å². The molecule has 0 N–H and O–H groups in total. The average Bonchev–Trinajstić information content (AvgIpc) is 2.64. The molecular formula is C10H18O4S. The first-order valence-corrected chi connectivity index (χ1v) is 6.58. The van der Waals surface area contributed by atoms with Gasteiger partial charge in [-0.25, -0.2) is 0 Å². The van der Waals surface area contributed by atoms with E-state index in [2.05, 4.69) is 6.92 Å². The highest BCUT2D eigenvalue weighted by Crippen LogP contribution is 2.25. The lowest BCUT2D eigenvalue weighted by Crippen LogP contribution is -2.26. The van der Waals surface area contributed by atoms with E-state index < -0.39 is 11.4 Å². The van der Waals surface area contributed by atoms with Gasteiger partial charge in [0.2, 0.25) is 0 Å². The number of ether oxygens (including phenoxy) is 1. The summed E-state index contributed by atoms with van der Waals surface area (Å²) in [5.41, 5.74) is 0. The lowest BCUT2D eigenvalue weighted by atomic mass is 9.89. The van der Waals surface area contributed by atoms with E-state index >= 15 is 0 Å². The molecule has 2 rings (SSSR count). The molecule has 1 heterocycles. The first-order chi connectivity index (χ1) is 7.24. The minimum atomic E-state index is -1.55. The third kappa shape index (κ3) is 3.52. The Morgan fingerprint density at radius 2 is 2.07 bits per heavy atom. The van der Waals surface area contributed by atoms with Gasteiger partial charge in [-0.15, -0.1) is 0 Å². The quantitative estimate of drug-likeness (QED) is 0.743. The Morgan fingerprint density at radius 1 is 1.33 bits per heavy atom. The van der Waals surface area contributed by atoms with Crippen LogP contribution in [0.25, 0.3) is 0 Å². The van der Waals surface area contributed by atoms with Crippen molar-refractivity contribution in [3.05, 3.63) is 0 Å². The van der Waals surface area contributed by atoms with Crippen LogP contribution >= 0.6 is 0 Å². The fourth-order valence-electron chi connectivity index (χ4n) is 2.01. The van der Waals surface area contributed by atoms with Gasteiger partial charge in [-0.3, -0.25) is 8.37 Å². The Kier molecular flexibility index (Phi) is 4.13. The van der Waals surface area contributed by atoms with Crippen molar-refractivity contribution in [3.8, 4) is 0 Å². The van der Waals surface area contributed by atoms with E-state index in [4.69, 9.17) is 13.1 Å². The zero-order valence-electron chi connectivity index (χ0n) is 9.02. The zero-order valence-corrected chi connectivity index (χ0v) is 9.83. The topological polar surface area (TPSA) is 44.8 Å². The summed E-state index contributed by atoms with van der Waals surface area (Å²) in [5, 5.41) is 0. The third-order valence-corrected chi connectivity index (χ3v) is 3.80. The van der Waals surface area contributed by atoms with E-state index in [1.165, 1.54) is 12.8 Å². The van der Waals surface area contributed by atoms with Crippen LogP contribution in [0.1, 0.15) is 32.6 Å². The largest absolute Gasteiger partial charge is 0.375 e. The van der Waals surface area contributed by atoms with Gasteiger partial charge in [0, 0.05) is 0 Å². The van der Waals surface area contributed by atoms with Crippen LogP contribution in [-0.2, 0) is 24.5 Å². The molecule has 1 aliphatic heterocycles. The van der Waals surface area contributed by atoms with E-state index in [-0.39, 0.29) is 6.10 Å². The Morgan fingerprint density at radius 3 is 2.67 bits per heavy atom. The molecule has 0 aromatic heterocycles. The standard InChI is InChI=1S/C10H18O4S/c1-8-2-4-9(5-3-8)12-6-10-7-13-15(11)14-10/h8-10H,2-7H2,1H3. The Bertz CT molecular complexity index is 225. The second-order valence-corrected chi connectivity index (χ2v) is 5.26. The van der Waals surface area contributed by atoms with Crippen molar-refractivity contribution >= 4 is 11.4 Å². The van der Waals surface area contributed by atoms with Crippen LogP contribution in [0.15, 0.2) is 0 Å². The van der Waals surface area contributed by atoms with Crippen LogP contribution in [-0.4, -0.2) is 29.6 Å². The number of rotatable bonds is 3. The highest BCUT2D eigenvalue weighted by atomic mass is 32.2. The summed E-state index contributed by atoms with van der Waals surface area (Å²) in [7, 11) is 0. The van der Waals surface area contributed by atoms with Gasteiger partial charge < -0.3 is 4.74 Å². The molecule has 2 unspecified atom stereocenters. The van der Waals surface area contributed by atoms with Crippen LogP contribution in [0.4, 0.5) is 0 Å². The zero-order chi connectivity index (χ0) is 10.7. The van der Waals surface area contributed by atoms with Crippen LogP contribution < -0.4 is 0 Å². The van der Waals surface area contributed by atoms with Gasteiger partial charge >= 0.3 is 11.4 Å². The van der Waals surface area contributed by atoms with Crippen LogP contribution in [0, 0.1) is 5.92 Å². The van der Waals surface area contributed by atoms with Crippen molar-refractivity contribution in [3.63, 3.8) is 0 Å². The summed E-state index contributed by atoms with van der Waals surface area (Å²) in [6.45, 7) is 3.17. The summed E-state index contributed by atoms with van der Waals surface area (Å²) in [4.78, 5) is 0. The predicted octanol–water partition coefficient (Wildman–Crippen LogP) is 1.58. The van der Waals surface area contributed by atoms with Crippen molar-refractivity contribution in [2.75, 3.05) is 13.2 Å². The van der Waals surface area contributed by atoms with Gasteiger partial charge in [0.05, 0.1) is 19.3 Å². The first kappa shape index (κ1) is 11.5. The molecule has 2 aliphatic rings. The smallest absolute Gasteiger partial charge is 0.305 e. The van der Waals surface area contributed by atoms with Gasteiger partial charge in [-0.2, -0.15) is 4.21 Å². The maximum atomic E-state index is 10.8. The first-order valence-electron chi connectivity index (χ1n) is 5.58. The second-order valence-electron chi connectivity index (χ2n) is 4.42. The monoisotopic (exact) mass is 234 g/mol. The third-order valence-electron chi connectivity index (χ3n) is 3.05. The molecule has 0 bridgehead atoms. The lowest BCUT2D eigenvalue weighted by molar-refractivity contribution is -0.0154. The molecule has 1 aliphatic carbocycles. The fraction of sp³-hybridized carbons (Fsp3) is 1.00. The van der Waals surface area contributed by atoms with Crippen molar-refractivity contribution in [2.45, 2.75) is 44.8 Å². The summed E-state index contributed by atoms with van der Waals surface area (Å²) in [5.74, 6) is 0.836. The SMILES string of the molecule is CC1CCC(OCC2COS(=O)O2)CC1. The van der Waals surface area contributed by atoms with Gasteiger partial charge in [-0.1, -0.05) is 6.92 Å². The molecule has 1 saturated heterocycles. The second kappa shape index (κ2) is 5.39. The van der Waals surface area contributed by atoms with Crippen LogP contribution in [0.3, 0.4) is 0 Å². The molecule has 1 saturated carbocycles. The van der Waals surface area contributed by atoms with Crippen molar-refractivity contribution in [1.82, 2.24) is 0 Å². The Labute approximate surface area is 93.1 Å². The molecule has 5 heteroatoms. The van der Waals surface area contributed by atoms with Crippen molar-refractivity contribution in [1.29, 1.82) is 0 Å². The van der Waals surface area contributed by atoms with E-state index in [9.17, 15) is 4.21 Å². The molecule has 0 amide bonds. The summed E-state index contributed by atoms with van der Waals surface area (Å²) in [6, 6.07) is 0. The van der Waals surface area contributed by atoms with Gasteiger partial charge in [0.1, 0.15) is 6.10 Å². The van der Waals surface area contributed by atoms with Crippen LogP contribution in [0.2, 0.25) is 0 Å². The van der Waals surface area contributed by atoms with Gasteiger partial charge in [0.25, 0.3) is 0 Å². The van der Waals surface area contributed by atoms with E-state index in [1.807, 2.05) is 0 Å². The molecule has 4 nitrogen and oxygen atoms in total. The maximum Gasteiger partial charge on any atom is 0.305 e. The molecule has 15 heavy (non-hydrogen) atoms. The van der Waals surface area contributed by atoms with E-state index in [1.54, 1.807) is 0 Å². The average molecular weight is 234 g/mol. The predicted molar refractivity (Wildman–Crippen MR) is 56.3 cm³/mol. The lowest BCUT2D eigenvalue weighted by Gasteiger charge is -2.26. The van der Waals surface area contributed by atoms with E-state index in [0.29, 0.717) is 19.3 Å². The summed E-state index contributed by atoms with van der Waals surface area (Å²) < 4.78 is 26.3. The fourth-order valence-corrected chi connectivity index (χ4v) is 2.67. The number of hydrogen-bond donors (Lipinski definition) is 0. The molecule has 0 aromatic carbocycles. The van der Waals surface area contributed by atoms with Gasteiger partial charge in [-0.05, 0) is 31.6 Å². The van der Waals surface area contributed by atoms with E-state index in [0.717, 1.165) is 18.8 Å². The maximum absolute atomic E-state index is 10.8. The minimum Gasteiger partial charge on any atom is -0.375 e. The molecule has 0 spiro atoms. The number of hydrogen-bond acceptors (Lipinski definition) is 4. The molecule has 2 fully saturated rings. The van der Waals surface area contributed by atoms with Crippen LogP contribution in [0.5, 0.6) is 0 Å². The molecular weight excluding hydrogens is 216 g/mol. The minimum absolute atomic E-state index is 0.148. The summed E-state index contributed by atoms with van der Waals surface area (Å²) >= 11 is -1.55. The molecule has 2 atom stereocenters. The molecule has 0 aromatic rings. The molecule has 88 valence electrons. The highest BCUT2D eigenvalue weighted by molar-refractivity contribution is 7.75. The normalized spacial score (nSPS) is 41.9. The summed E-state index contributed by atoms with van der Waals surface area (Å²) in [6.07, 6.45) is 4.98. The highest BCUT2D eigenvalue weighted by Gasteiger charge is 2.26. The Balaban J connectivity index is 1.63. The molecule has 0 radical (unpaired) electrons. The Hall–Kier alpha value is 0.0300. The van der Waals surface area contributed by atoms with Crippen molar-refractivity contribution in [2.24, 2.45) is 5.92 Å².